The number of methoxy groups -OCH3 is 2. The Hall–Kier alpha value is -4.15. The first-order chi connectivity index (χ1) is 20.3. The van der Waals surface area contributed by atoms with Gasteiger partial charge in [-0.2, -0.15) is 0 Å². The van der Waals surface area contributed by atoms with Gasteiger partial charge >= 0.3 is 5.97 Å². The number of nitrogens with zero attached hydrogens (tertiary/aromatic N) is 2. The van der Waals surface area contributed by atoms with Crippen LogP contribution in [-0.2, 0) is 16.1 Å². The predicted octanol–water partition coefficient (Wildman–Crippen LogP) is 5.16. The highest BCUT2D eigenvalue weighted by Crippen LogP contribution is 2.37. The Kier molecular flexibility index (Phi) is 8.94. The second kappa shape index (κ2) is 12.8. The van der Waals surface area contributed by atoms with Crippen LogP contribution in [-0.4, -0.2) is 31.4 Å². The van der Waals surface area contributed by atoms with Crippen LogP contribution in [0.3, 0.4) is 0 Å². The molecule has 8 nitrogen and oxygen atoms in total. The predicted molar refractivity (Wildman–Crippen MR) is 165 cm³/mol. The molecule has 0 radical (unpaired) electrons. The maximum Gasteiger partial charge on any atom is 0.338 e. The third-order valence-corrected chi connectivity index (χ3v) is 8.30. The van der Waals surface area contributed by atoms with Crippen LogP contribution in [0, 0.1) is 0 Å². The number of carbonyl (C=O) groups excluding carboxylic acids is 1. The molecule has 0 aliphatic carbocycles. The molecule has 1 aliphatic heterocycles. The quantitative estimate of drug-likeness (QED) is 0.233. The lowest BCUT2D eigenvalue weighted by atomic mass is 9.96. The molecule has 0 unspecified atom stereocenters. The number of allylic oxidation sites excluding steroid dienone is 1. The highest BCUT2D eigenvalue weighted by molar-refractivity contribution is 9.10. The van der Waals surface area contributed by atoms with Gasteiger partial charge in [0.15, 0.2) is 16.3 Å². The van der Waals surface area contributed by atoms with Crippen molar-refractivity contribution in [3.05, 3.63) is 119 Å². The van der Waals surface area contributed by atoms with E-state index in [2.05, 4.69) is 20.9 Å². The van der Waals surface area contributed by atoms with Crippen LogP contribution in [0.2, 0.25) is 0 Å². The summed E-state index contributed by atoms with van der Waals surface area (Å²) in [5, 5.41) is 0. The lowest BCUT2D eigenvalue weighted by Crippen LogP contribution is -2.39. The summed E-state index contributed by atoms with van der Waals surface area (Å²) in [6.07, 6.45) is 1.78. The lowest BCUT2D eigenvalue weighted by Gasteiger charge is -2.24. The molecule has 5 rings (SSSR count). The minimum atomic E-state index is -0.705. The Bertz CT molecular complexity index is 1830. The number of hydrogen-bond donors (Lipinski definition) is 0. The lowest BCUT2D eigenvalue weighted by molar-refractivity contribution is -0.139. The van der Waals surface area contributed by atoms with Crippen molar-refractivity contribution in [1.82, 2.24) is 4.57 Å². The van der Waals surface area contributed by atoms with Gasteiger partial charge in [-0.05, 0) is 76.8 Å². The van der Waals surface area contributed by atoms with E-state index >= 15 is 0 Å². The van der Waals surface area contributed by atoms with E-state index in [9.17, 15) is 9.59 Å². The zero-order chi connectivity index (χ0) is 29.8. The van der Waals surface area contributed by atoms with Gasteiger partial charge in [-0.3, -0.25) is 9.36 Å². The van der Waals surface area contributed by atoms with Gasteiger partial charge < -0.3 is 18.9 Å². The van der Waals surface area contributed by atoms with E-state index in [1.807, 2.05) is 54.6 Å². The molecule has 0 fully saturated rings. The smallest absolute Gasteiger partial charge is 0.338 e. The summed E-state index contributed by atoms with van der Waals surface area (Å²) in [5.41, 5.74) is 3.06. The number of benzene rings is 3. The van der Waals surface area contributed by atoms with E-state index in [-0.39, 0.29) is 12.2 Å². The first-order valence-corrected chi connectivity index (χ1v) is 14.8. The zero-order valence-electron chi connectivity index (χ0n) is 23.5. The molecular formula is C32H29BrN2O6S. The Morgan fingerprint density at radius 2 is 1.81 bits per heavy atom. The number of hydrogen-bond acceptors (Lipinski definition) is 8. The summed E-state index contributed by atoms with van der Waals surface area (Å²) in [6.45, 7) is 4.09. The molecule has 4 aromatic rings. The van der Waals surface area contributed by atoms with Gasteiger partial charge in [0.05, 0.1) is 47.1 Å². The van der Waals surface area contributed by atoms with Crippen molar-refractivity contribution in [2.24, 2.45) is 4.99 Å². The van der Waals surface area contributed by atoms with Gasteiger partial charge in [0.2, 0.25) is 0 Å². The Balaban J connectivity index is 1.58. The molecule has 3 aromatic carbocycles. The number of fused-ring (bicyclic) bond motifs is 1. The number of halogens is 1. The minimum absolute atomic E-state index is 0.205. The normalized spacial score (nSPS) is 14.7. The molecule has 10 heteroatoms. The Morgan fingerprint density at radius 3 is 2.48 bits per heavy atom. The number of aromatic nitrogens is 1. The summed E-state index contributed by atoms with van der Waals surface area (Å²) >= 11 is 4.86. The molecule has 0 saturated heterocycles. The van der Waals surface area contributed by atoms with Gasteiger partial charge in [0.1, 0.15) is 12.4 Å². The monoisotopic (exact) mass is 648 g/mol. The van der Waals surface area contributed by atoms with E-state index in [0.29, 0.717) is 48.9 Å². The number of carbonyl (C=O) groups is 1. The van der Waals surface area contributed by atoms with E-state index in [0.717, 1.165) is 16.7 Å². The fourth-order valence-electron chi connectivity index (χ4n) is 4.74. The standard InChI is InChI=1S/C32H29BrN2O6S/c1-5-40-31(37)27-19(2)34-32-35(28(27)22-11-13-23(38-3)14-12-22)30(36)26(42-32)17-21-15-24(33)29(25(16-21)39-4)41-18-20-9-7-6-8-10-20/h6-17,28H,5,18H2,1-4H3/b26-17-/t28-/m1/s1. The van der Waals surface area contributed by atoms with Crippen molar-refractivity contribution in [2.45, 2.75) is 26.5 Å². The largest absolute Gasteiger partial charge is 0.497 e. The Labute approximate surface area is 255 Å². The van der Waals surface area contributed by atoms with Crippen LogP contribution in [0.1, 0.15) is 36.6 Å². The molecule has 1 aromatic heterocycles. The summed E-state index contributed by atoms with van der Waals surface area (Å²) < 4.78 is 25.1. The van der Waals surface area contributed by atoms with Crippen LogP contribution in [0.5, 0.6) is 17.2 Å². The molecule has 42 heavy (non-hydrogen) atoms. The van der Waals surface area contributed by atoms with E-state index in [4.69, 9.17) is 18.9 Å². The third-order valence-electron chi connectivity index (χ3n) is 6.72. The third kappa shape index (κ3) is 5.91. The van der Waals surface area contributed by atoms with Gasteiger partial charge in [0.25, 0.3) is 5.56 Å². The summed E-state index contributed by atoms with van der Waals surface area (Å²) in [7, 11) is 3.16. The van der Waals surface area contributed by atoms with E-state index in [1.54, 1.807) is 50.8 Å². The number of esters is 1. The van der Waals surface area contributed by atoms with Crippen LogP contribution in [0.4, 0.5) is 0 Å². The number of rotatable bonds is 9. The SMILES string of the molecule is CCOC(=O)C1=C(C)N=c2s/c(=C\c3cc(Br)c(OCc4ccccc4)c(OC)c3)c(=O)n2[C@@H]1c1ccc(OC)cc1. The molecule has 0 spiro atoms. The van der Waals surface area contributed by atoms with Crippen molar-refractivity contribution >= 4 is 39.3 Å². The topological polar surface area (TPSA) is 88.4 Å². The van der Waals surface area contributed by atoms with Crippen LogP contribution >= 0.6 is 27.3 Å². The van der Waals surface area contributed by atoms with Crippen molar-refractivity contribution in [1.29, 1.82) is 0 Å². The van der Waals surface area contributed by atoms with Gasteiger partial charge in [-0.25, -0.2) is 9.79 Å². The van der Waals surface area contributed by atoms with Crippen molar-refractivity contribution in [3.8, 4) is 17.2 Å². The second-order valence-corrected chi connectivity index (χ2v) is 11.2. The molecule has 1 aliphatic rings. The average Bonchev–Trinajstić information content (AvgIpc) is 3.30. The molecule has 1 atom stereocenters. The van der Waals surface area contributed by atoms with Crippen molar-refractivity contribution in [2.75, 3.05) is 20.8 Å². The van der Waals surface area contributed by atoms with E-state index in [1.165, 1.54) is 11.3 Å². The zero-order valence-corrected chi connectivity index (χ0v) is 26.0. The highest BCUT2D eigenvalue weighted by Gasteiger charge is 2.33. The fourth-order valence-corrected chi connectivity index (χ4v) is 6.36. The molecular weight excluding hydrogens is 620 g/mol. The van der Waals surface area contributed by atoms with E-state index < -0.39 is 12.0 Å². The molecule has 0 saturated carbocycles. The second-order valence-electron chi connectivity index (χ2n) is 9.38. The van der Waals surface area contributed by atoms with Gasteiger partial charge in [-0.15, -0.1) is 0 Å². The van der Waals surface area contributed by atoms with Gasteiger partial charge in [0, 0.05) is 0 Å². The maximum absolute atomic E-state index is 13.9. The highest BCUT2D eigenvalue weighted by atomic mass is 79.9. The summed E-state index contributed by atoms with van der Waals surface area (Å²) in [5.74, 6) is 1.25. The molecule has 2 heterocycles. The molecule has 0 bridgehead atoms. The van der Waals surface area contributed by atoms with Gasteiger partial charge in [-0.1, -0.05) is 53.8 Å². The van der Waals surface area contributed by atoms with Crippen LogP contribution in [0.15, 0.2) is 92.3 Å². The number of ether oxygens (including phenoxy) is 4. The fraction of sp³-hybridized carbons (Fsp3) is 0.219. The summed E-state index contributed by atoms with van der Waals surface area (Å²) in [4.78, 5) is 32.2. The van der Waals surface area contributed by atoms with Crippen molar-refractivity contribution in [3.63, 3.8) is 0 Å². The average molecular weight is 650 g/mol. The molecule has 0 amide bonds. The maximum atomic E-state index is 13.9. The first-order valence-electron chi connectivity index (χ1n) is 13.2. The van der Waals surface area contributed by atoms with Crippen LogP contribution in [0.25, 0.3) is 6.08 Å². The number of thiazole rings is 1. The summed E-state index contributed by atoms with van der Waals surface area (Å²) in [6, 6.07) is 20.1. The Morgan fingerprint density at radius 1 is 1.07 bits per heavy atom. The minimum Gasteiger partial charge on any atom is -0.497 e. The van der Waals surface area contributed by atoms with Crippen molar-refractivity contribution < 1.29 is 23.7 Å². The molecule has 216 valence electrons. The first kappa shape index (κ1) is 29.3. The van der Waals surface area contributed by atoms with Crippen LogP contribution < -0.4 is 29.1 Å². The molecule has 0 N–H and O–H groups in total.